The molecular weight excluding hydrogens is 639 g/mol. The first-order valence-electron chi connectivity index (χ1n) is 18.8. The fourth-order valence-corrected chi connectivity index (χ4v) is 9.26. The molecule has 2 aliphatic carbocycles. The number of hydrogen-bond acceptors (Lipinski definition) is 1. The average molecular weight is 680 g/mol. The Kier molecular flexibility index (Phi) is 6.94. The summed E-state index contributed by atoms with van der Waals surface area (Å²) in [6.45, 7) is 9.65. The Bertz CT molecular complexity index is 2700. The summed E-state index contributed by atoms with van der Waals surface area (Å²) in [5, 5.41) is 2.47. The maximum Gasteiger partial charge on any atom is 0.0468 e. The minimum atomic E-state index is -0.212. The molecule has 1 heteroatoms. The van der Waals surface area contributed by atoms with Gasteiger partial charge < -0.3 is 4.90 Å². The number of anilines is 3. The van der Waals surface area contributed by atoms with Crippen LogP contribution in [-0.4, -0.2) is 0 Å². The highest BCUT2D eigenvalue weighted by Crippen LogP contribution is 2.61. The highest BCUT2D eigenvalue weighted by molar-refractivity contribution is 6.04. The van der Waals surface area contributed by atoms with Gasteiger partial charge in [-0.15, -0.1) is 0 Å². The van der Waals surface area contributed by atoms with Gasteiger partial charge in [0.15, 0.2) is 0 Å². The number of fused-ring (bicyclic) bond motifs is 7. The maximum absolute atomic E-state index is 2.56. The zero-order chi connectivity index (χ0) is 35.9. The van der Waals surface area contributed by atoms with E-state index >= 15 is 0 Å². The van der Waals surface area contributed by atoms with E-state index in [9.17, 15) is 0 Å². The molecule has 0 saturated carbocycles. The molecule has 8 aromatic carbocycles. The Morgan fingerprint density at radius 2 is 0.830 bits per heavy atom. The molecule has 8 aromatic rings. The summed E-state index contributed by atoms with van der Waals surface area (Å²) in [6.07, 6.45) is 0. The second-order valence-electron chi connectivity index (χ2n) is 15.8. The van der Waals surface area contributed by atoms with E-state index in [1.807, 2.05) is 0 Å². The summed E-state index contributed by atoms with van der Waals surface area (Å²) in [6, 6.07) is 65.0. The van der Waals surface area contributed by atoms with Crippen LogP contribution in [0.3, 0.4) is 0 Å². The second kappa shape index (κ2) is 11.7. The van der Waals surface area contributed by atoms with Crippen LogP contribution in [0.1, 0.15) is 49.9 Å². The van der Waals surface area contributed by atoms with Crippen molar-refractivity contribution < 1.29 is 0 Å². The number of benzene rings is 8. The van der Waals surface area contributed by atoms with Gasteiger partial charge in [-0.25, -0.2) is 0 Å². The van der Waals surface area contributed by atoms with Crippen molar-refractivity contribution in [3.05, 3.63) is 198 Å². The van der Waals surface area contributed by atoms with Gasteiger partial charge >= 0.3 is 0 Å². The molecule has 2 aliphatic rings. The summed E-state index contributed by atoms with van der Waals surface area (Å²) in [5.41, 5.74) is 19.3. The summed E-state index contributed by atoms with van der Waals surface area (Å²) < 4.78 is 0. The largest absolute Gasteiger partial charge is 0.310 e. The first-order chi connectivity index (χ1) is 25.8. The van der Waals surface area contributed by atoms with Crippen LogP contribution >= 0.6 is 0 Å². The van der Waals surface area contributed by atoms with E-state index in [4.69, 9.17) is 0 Å². The van der Waals surface area contributed by atoms with Crippen molar-refractivity contribution in [3.8, 4) is 44.5 Å². The van der Waals surface area contributed by atoms with Gasteiger partial charge in [0.05, 0.1) is 0 Å². The van der Waals surface area contributed by atoms with Crippen LogP contribution in [-0.2, 0) is 10.8 Å². The van der Waals surface area contributed by atoms with Crippen molar-refractivity contribution in [2.45, 2.75) is 38.5 Å². The standard InChI is InChI=1S/C52H41N/c1-51(2)44-22-14-13-21-42(44)49-46(51)33-47-50(48(49)37-18-9-6-10-19-37)43-30-29-41(32-45(43)52(47,3)4)53(40-28-25-35-17-11-12-20-38(35)31-40)39-26-23-36(24-27-39)34-15-7-5-8-16-34/h5-33H,1-4H3. The van der Waals surface area contributed by atoms with E-state index in [0.717, 1.165) is 17.1 Å². The van der Waals surface area contributed by atoms with Crippen molar-refractivity contribution in [1.29, 1.82) is 0 Å². The van der Waals surface area contributed by atoms with Crippen LogP contribution in [0, 0.1) is 0 Å². The lowest BCUT2D eigenvalue weighted by atomic mass is 9.76. The molecule has 0 bridgehead atoms. The summed E-state index contributed by atoms with van der Waals surface area (Å²) >= 11 is 0. The van der Waals surface area contributed by atoms with Crippen LogP contribution in [0.15, 0.2) is 176 Å². The van der Waals surface area contributed by atoms with Gasteiger partial charge in [-0.05, 0) is 114 Å². The van der Waals surface area contributed by atoms with Gasteiger partial charge in [-0.3, -0.25) is 0 Å². The fraction of sp³-hybridized carbons (Fsp3) is 0.115. The fourth-order valence-electron chi connectivity index (χ4n) is 9.26. The Balaban J connectivity index is 1.19. The molecule has 0 unspecified atom stereocenters. The molecular formula is C52H41N. The molecule has 53 heavy (non-hydrogen) atoms. The molecule has 0 spiro atoms. The minimum absolute atomic E-state index is 0.0979. The van der Waals surface area contributed by atoms with Gasteiger partial charge in [-0.2, -0.15) is 0 Å². The summed E-state index contributed by atoms with van der Waals surface area (Å²) in [4.78, 5) is 2.43. The van der Waals surface area contributed by atoms with Crippen molar-refractivity contribution >= 4 is 27.8 Å². The van der Waals surface area contributed by atoms with Gasteiger partial charge in [0.2, 0.25) is 0 Å². The van der Waals surface area contributed by atoms with Crippen molar-refractivity contribution in [1.82, 2.24) is 0 Å². The van der Waals surface area contributed by atoms with Crippen molar-refractivity contribution in [3.63, 3.8) is 0 Å². The molecule has 0 aliphatic heterocycles. The van der Waals surface area contributed by atoms with E-state index in [1.54, 1.807) is 0 Å². The second-order valence-corrected chi connectivity index (χ2v) is 15.8. The summed E-state index contributed by atoms with van der Waals surface area (Å²) in [7, 11) is 0. The molecule has 0 saturated heterocycles. The lowest BCUT2D eigenvalue weighted by molar-refractivity contribution is 0.639. The predicted molar refractivity (Wildman–Crippen MR) is 225 cm³/mol. The van der Waals surface area contributed by atoms with E-state index < -0.39 is 0 Å². The Hall–Kier alpha value is -6.18. The molecule has 10 rings (SSSR count). The monoisotopic (exact) mass is 679 g/mol. The minimum Gasteiger partial charge on any atom is -0.310 e. The Morgan fingerprint density at radius 1 is 0.321 bits per heavy atom. The molecule has 0 aromatic heterocycles. The van der Waals surface area contributed by atoms with E-state index in [2.05, 4.69) is 209 Å². The molecule has 0 heterocycles. The highest BCUT2D eigenvalue weighted by atomic mass is 15.1. The van der Waals surface area contributed by atoms with Crippen LogP contribution in [0.25, 0.3) is 55.3 Å². The Morgan fingerprint density at radius 3 is 1.55 bits per heavy atom. The lowest BCUT2D eigenvalue weighted by Gasteiger charge is -2.29. The van der Waals surface area contributed by atoms with Crippen LogP contribution in [0.4, 0.5) is 17.1 Å². The zero-order valence-electron chi connectivity index (χ0n) is 30.7. The van der Waals surface area contributed by atoms with E-state index in [-0.39, 0.29) is 10.8 Å². The van der Waals surface area contributed by atoms with Gasteiger partial charge in [0.1, 0.15) is 0 Å². The van der Waals surface area contributed by atoms with Gasteiger partial charge in [0.25, 0.3) is 0 Å². The molecule has 0 fully saturated rings. The normalized spacial score (nSPS) is 14.3. The van der Waals surface area contributed by atoms with Gasteiger partial charge in [-0.1, -0.05) is 167 Å². The van der Waals surface area contributed by atoms with E-state index in [0.29, 0.717) is 0 Å². The van der Waals surface area contributed by atoms with E-state index in [1.165, 1.54) is 77.5 Å². The van der Waals surface area contributed by atoms with Crippen LogP contribution < -0.4 is 4.90 Å². The van der Waals surface area contributed by atoms with Crippen molar-refractivity contribution in [2.24, 2.45) is 0 Å². The first kappa shape index (κ1) is 31.5. The molecule has 0 atom stereocenters. The Labute approximate surface area is 312 Å². The third kappa shape index (κ3) is 4.77. The topological polar surface area (TPSA) is 3.24 Å². The van der Waals surface area contributed by atoms with Gasteiger partial charge in [0, 0.05) is 27.9 Å². The quantitative estimate of drug-likeness (QED) is 0.175. The maximum atomic E-state index is 2.56. The number of nitrogens with zero attached hydrogens (tertiary/aromatic N) is 1. The van der Waals surface area contributed by atoms with Crippen LogP contribution in [0.2, 0.25) is 0 Å². The first-order valence-corrected chi connectivity index (χ1v) is 18.8. The lowest BCUT2D eigenvalue weighted by Crippen LogP contribution is -2.19. The third-order valence-corrected chi connectivity index (χ3v) is 12.0. The molecule has 1 nitrogen and oxygen atoms in total. The highest BCUT2D eigenvalue weighted by Gasteiger charge is 2.44. The predicted octanol–water partition coefficient (Wildman–Crippen LogP) is 14.3. The third-order valence-electron chi connectivity index (χ3n) is 12.0. The van der Waals surface area contributed by atoms with Crippen molar-refractivity contribution in [2.75, 3.05) is 4.90 Å². The number of rotatable bonds is 5. The molecule has 0 amide bonds. The molecule has 254 valence electrons. The SMILES string of the molecule is CC1(C)c2ccccc2-c2c1cc1c(c2-c2ccccc2)-c2ccc(N(c3ccc(-c4ccccc4)cc3)c3ccc4ccccc4c3)cc2C1(C)C. The molecule has 0 N–H and O–H groups in total. The van der Waals surface area contributed by atoms with Crippen LogP contribution in [0.5, 0.6) is 0 Å². The molecule has 0 radical (unpaired) electrons. The average Bonchev–Trinajstić information content (AvgIpc) is 3.57. The number of hydrogen-bond donors (Lipinski definition) is 0. The smallest absolute Gasteiger partial charge is 0.0468 e. The summed E-state index contributed by atoms with van der Waals surface area (Å²) in [5.74, 6) is 0. The zero-order valence-corrected chi connectivity index (χ0v) is 30.7.